The van der Waals surface area contributed by atoms with E-state index in [-0.39, 0.29) is 6.10 Å². The third kappa shape index (κ3) is 0.698. The molecule has 0 amide bonds. The van der Waals surface area contributed by atoms with Gasteiger partial charge in [-0.2, -0.15) is 0 Å². The smallest absolute Gasteiger partial charge is 0.0647 e. The summed E-state index contributed by atoms with van der Waals surface area (Å²) in [6.45, 7) is 6.68. The van der Waals surface area contributed by atoms with Gasteiger partial charge in [-0.05, 0) is 24.7 Å². The monoisotopic (exact) mass is 152 g/mol. The maximum atomic E-state index is 9.69. The summed E-state index contributed by atoms with van der Waals surface area (Å²) in [5.41, 5.74) is 1.75. The molecule has 0 aromatic heterocycles. The normalized spacial score (nSPS) is 46.2. The Kier molecular flexibility index (Phi) is 1.26. The molecule has 0 aromatic carbocycles. The fourth-order valence-electron chi connectivity index (χ4n) is 2.96. The Labute approximate surface area is 68.1 Å². The van der Waals surface area contributed by atoms with Crippen molar-refractivity contribution in [1.29, 1.82) is 0 Å². The Hall–Kier alpha value is -0.300. The zero-order chi connectivity index (χ0) is 8.22. The SMILES string of the molecule is CC1=CCC2C(O)C1C2(C)C. The van der Waals surface area contributed by atoms with Crippen molar-refractivity contribution in [3.05, 3.63) is 11.6 Å². The fraction of sp³-hybridized carbons (Fsp3) is 0.800. The van der Waals surface area contributed by atoms with Gasteiger partial charge in [-0.3, -0.25) is 0 Å². The van der Waals surface area contributed by atoms with Gasteiger partial charge in [-0.25, -0.2) is 0 Å². The molecule has 3 unspecified atom stereocenters. The van der Waals surface area contributed by atoms with E-state index in [0.717, 1.165) is 6.42 Å². The van der Waals surface area contributed by atoms with Crippen LogP contribution in [0.25, 0.3) is 0 Å². The molecule has 0 radical (unpaired) electrons. The minimum atomic E-state index is -0.0463. The molecule has 11 heavy (non-hydrogen) atoms. The van der Waals surface area contributed by atoms with Crippen LogP contribution in [0.5, 0.6) is 0 Å². The van der Waals surface area contributed by atoms with Gasteiger partial charge in [0.05, 0.1) is 6.10 Å². The standard InChI is InChI=1S/C10H16O/c1-6-4-5-7-9(11)8(6)10(7,2)3/h4,7-9,11H,5H2,1-3H3. The summed E-state index contributed by atoms with van der Waals surface area (Å²) in [5.74, 6) is 0.970. The van der Waals surface area contributed by atoms with E-state index in [1.807, 2.05) is 0 Å². The summed E-state index contributed by atoms with van der Waals surface area (Å²) in [4.78, 5) is 0. The van der Waals surface area contributed by atoms with Gasteiger partial charge in [-0.15, -0.1) is 0 Å². The lowest BCUT2D eigenvalue weighted by atomic mass is 9.47. The quantitative estimate of drug-likeness (QED) is 0.526. The Morgan fingerprint density at radius 2 is 2.18 bits per heavy atom. The summed E-state index contributed by atoms with van der Waals surface area (Å²) in [6, 6.07) is 0. The average molecular weight is 152 g/mol. The van der Waals surface area contributed by atoms with Gasteiger partial charge < -0.3 is 5.11 Å². The summed E-state index contributed by atoms with van der Waals surface area (Å²) >= 11 is 0. The van der Waals surface area contributed by atoms with Gasteiger partial charge in [0.15, 0.2) is 0 Å². The van der Waals surface area contributed by atoms with Crippen molar-refractivity contribution < 1.29 is 5.11 Å². The molecule has 1 heteroatoms. The molecule has 0 heterocycles. The van der Waals surface area contributed by atoms with Crippen LogP contribution in [0.4, 0.5) is 0 Å². The molecule has 3 aliphatic rings. The first-order valence-electron chi connectivity index (χ1n) is 4.40. The van der Waals surface area contributed by atoms with Crippen LogP contribution in [0, 0.1) is 17.3 Å². The molecule has 0 saturated heterocycles. The highest BCUT2D eigenvalue weighted by molar-refractivity contribution is 5.25. The zero-order valence-corrected chi connectivity index (χ0v) is 7.46. The summed E-state index contributed by atoms with van der Waals surface area (Å²) in [6.07, 6.45) is 3.32. The topological polar surface area (TPSA) is 20.2 Å². The van der Waals surface area contributed by atoms with Crippen LogP contribution >= 0.6 is 0 Å². The Morgan fingerprint density at radius 1 is 1.55 bits per heavy atom. The second kappa shape index (κ2) is 1.89. The molecule has 1 fully saturated rings. The molecular formula is C10H16O. The molecule has 1 saturated carbocycles. The summed E-state index contributed by atoms with van der Waals surface area (Å²) in [5, 5.41) is 9.69. The maximum absolute atomic E-state index is 9.69. The highest BCUT2D eigenvalue weighted by Gasteiger charge is 2.57. The van der Waals surface area contributed by atoms with E-state index in [1.54, 1.807) is 0 Å². The Morgan fingerprint density at radius 3 is 2.45 bits per heavy atom. The zero-order valence-electron chi connectivity index (χ0n) is 7.46. The van der Waals surface area contributed by atoms with Crippen molar-refractivity contribution in [2.75, 3.05) is 0 Å². The van der Waals surface area contributed by atoms with Gasteiger partial charge in [-0.1, -0.05) is 25.5 Å². The Balaban J connectivity index is 2.34. The number of rotatable bonds is 0. The van der Waals surface area contributed by atoms with E-state index in [2.05, 4.69) is 26.8 Å². The number of aliphatic hydroxyl groups is 1. The lowest BCUT2D eigenvalue weighted by molar-refractivity contribution is -0.144. The molecule has 3 rings (SSSR count). The molecule has 0 aliphatic heterocycles. The number of fused-ring (bicyclic) bond motifs is 1. The van der Waals surface area contributed by atoms with E-state index in [9.17, 15) is 5.11 Å². The minimum Gasteiger partial charge on any atom is -0.392 e. The third-order valence-corrected chi connectivity index (χ3v) is 3.70. The van der Waals surface area contributed by atoms with Crippen LogP contribution in [0.3, 0.4) is 0 Å². The molecule has 0 spiro atoms. The molecule has 0 aromatic rings. The predicted octanol–water partition coefficient (Wildman–Crippen LogP) is 1.97. The number of hydrogen-bond acceptors (Lipinski definition) is 1. The van der Waals surface area contributed by atoms with Crippen molar-refractivity contribution in [3.63, 3.8) is 0 Å². The van der Waals surface area contributed by atoms with Crippen molar-refractivity contribution in [3.8, 4) is 0 Å². The van der Waals surface area contributed by atoms with Crippen molar-refractivity contribution >= 4 is 0 Å². The van der Waals surface area contributed by atoms with Gasteiger partial charge in [0.2, 0.25) is 0 Å². The van der Waals surface area contributed by atoms with Crippen molar-refractivity contribution in [2.24, 2.45) is 17.3 Å². The average Bonchev–Trinajstić information content (AvgIpc) is 1.85. The lowest BCUT2D eigenvalue weighted by Gasteiger charge is -2.59. The molecule has 62 valence electrons. The van der Waals surface area contributed by atoms with Crippen LogP contribution in [-0.2, 0) is 0 Å². The maximum Gasteiger partial charge on any atom is 0.0647 e. The van der Waals surface area contributed by atoms with E-state index >= 15 is 0 Å². The van der Waals surface area contributed by atoms with Gasteiger partial charge in [0.25, 0.3) is 0 Å². The first-order valence-corrected chi connectivity index (χ1v) is 4.40. The van der Waals surface area contributed by atoms with E-state index in [0.29, 0.717) is 17.3 Å². The number of hydrogen-bond donors (Lipinski definition) is 1. The van der Waals surface area contributed by atoms with E-state index < -0.39 is 0 Å². The third-order valence-electron chi connectivity index (χ3n) is 3.70. The lowest BCUT2D eigenvalue weighted by Crippen LogP contribution is -2.59. The van der Waals surface area contributed by atoms with Crippen LogP contribution in [0.2, 0.25) is 0 Å². The first kappa shape index (κ1) is 7.35. The second-order valence-corrected chi connectivity index (χ2v) is 4.58. The van der Waals surface area contributed by atoms with Crippen LogP contribution in [-0.4, -0.2) is 11.2 Å². The molecule has 1 N–H and O–H groups in total. The fourth-order valence-corrected chi connectivity index (χ4v) is 2.96. The molecule has 3 atom stereocenters. The molecule has 2 bridgehead atoms. The van der Waals surface area contributed by atoms with Crippen LogP contribution in [0.15, 0.2) is 11.6 Å². The minimum absolute atomic E-state index is 0.0463. The summed E-state index contributed by atoms with van der Waals surface area (Å²) in [7, 11) is 0. The Bertz CT molecular complexity index is 215. The van der Waals surface area contributed by atoms with Crippen LogP contribution < -0.4 is 0 Å². The molecule has 1 nitrogen and oxygen atoms in total. The number of allylic oxidation sites excluding steroid dienone is 1. The second-order valence-electron chi connectivity index (χ2n) is 4.58. The predicted molar refractivity (Wildman–Crippen MR) is 45.1 cm³/mol. The molecular weight excluding hydrogens is 136 g/mol. The molecule has 3 aliphatic carbocycles. The highest BCUT2D eigenvalue weighted by Crippen LogP contribution is 2.58. The van der Waals surface area contributed by atoms with Crippen molar-refractivity contribution in [1.82, 2.24) is 0 Å². The van der Waals surface area contributed by atoms with Gasteiger partial charge >= 0.3 is 0 Å². The van der Waals surface area contributed by atoms with Gasteiger partial charge in [0.1, 0.15) is 0 Å². The van der Waals surface area contributed by atoms with Gasteiger partial charge in [0, 0.05) is 5.92 Å². The first-order chi connectivity index (χ1) is 5.05. The van der Waals surface area contributed by atoms with E-state index in [1.165, 1.54) is 5.57 Å². The van der Waals surface area contributed by atoms with Crippen LogP contribution in [0.1, 0.15) is 27.2 Å². The number of aliphatic hydroxyl groups excluding tert-OH is 1. The highest BCUT2D eigenvalue weighted by atomic mass is 16.3. The largest absolute Gasteiger partial charge is 0.392 e. The van der Waals surface area contributed by atoms with Crippen molar-refractivity contribution in [2.45, 2.75) is 33.3 Å². The summed E-state index contributed by atoms with van der Waals surface area (Å²) < 4.78 is 0. The van der Waals surface area contributed by atoms with E-state index in [4.69, 9.17) is 0 Å².